The topological polar surface area (TPSA) is 71.5 Å². The molecule has 0 saturated carbocycles. The molecular formula is C12H13N3O3. The van der Waals surface area contributed by atoms with Gasteiger partial charge in [0, 0.05) is 7.05 Å². The number of rotatable bonds is 3. The summed E-state index contributed by atoms with van der Waals surface area (Å²) in [6, 6.07) is 5.68. The third kappa shape index (κ3) is 1.92. The number of hydrogen-bond acceptors (Lipinski definition) is 5. The van der Waals surface area contributed by atoms with E-state index in [9.17, 15) is 0 Å². The molecule has 0 bridgehead atoms. The highest BCUT2D eigenvalue weighted by Gasteiger charge is 2.13. The first kappa shape index (κ1) is 10.8. The second kappa shape index (κ2) is 4.14. The van der Waals surface area contributed by atoms with Gasteiger partial charge in [-0.2, -0.15) is 0 Å². The van der Waals surface area contributed by atoms with Gasteiger partial charge in [-0.05, 0) is 17.7 Å². The normalized spacial score (nSPS) is 12.7. The molecule has 2 heterocycles. The highest BCUT2D eigenvalue weighted by molar-refractivity contribution is 5.47. The number of anilines is 1. The molecule has 6 nitrogen and oxygen atoms in total. The minimum absolute atomic E-state index is 0.271. The lowest BCUT2D eigenvalue weighted by molar-refractivity contribution is 0.174. The van der Waals surface area contributed by atoms with E-state index in [-0.39, 0.29) is 6.79 Å². The lowest BCUT2D eigenvalue weighted by Crippen LogP contribution is -1.98. The summed E-state index contributed by atoms with van der Waals surface area (Å²) in [6.07, 6.45) is 1.70. The molecule has 6 heteroatoms. The van der Waals surface area contributed by atoms with E-state index < -0.39 is 0 Å². The van der Waals surface area contributed by atoms with Gasteiger partial charge in [-0.25, -0.2) is 0 Å². The van der Waals surface area contributed by atoms with Gasteiger partial charge in [0.15, 0.2) is 11.5 Å². The van der Waals surface area contributed by atoms with Crippen molar-refractivity contribution in [3.8, 4) is 17.4 Å². The molecule has 1 aliphatic heterocycles. The fourth-order valence-corrected chi connectivity index (χ4v) is 1.78. The van der Waals surface area contributed by atoms with E-state index in [1.807, 2.05) is 18.2 Å². The third-order valence-corrected chi connectivity index (χ3v) is 2.63. The zero-order chi connectivity index (χ0) is 12.5. The highest BCUT2D eigenvalue weighted by atomic mass is 16.7. The van der Waals surface area contributed by atoms with Gasteiger partial charge >= 0.3 is 0 Å². The molecule has 18 heavy (non-hydrogen) atoms. The molecule has 0 saturated heterocycles. The monoisotopic (exact) mass is 247 g/mol. The van der Waals surface area contributed by atoms with Crippen LogP contribution < -0.4 is 19.9 Å². The lowest BCUT2D eigenvalue weighted by Gasteiger charge is -2.05. The number of fused-ring (bicyclic) bond motifs is 1. The van der Waals surface area contributed by atoms with Crippen molar-refractivity contribution in [3.05, 3.63) is 30.0 Å². The van der Waals surface area contributed by atoms with Gasteiger partial charge in [-0.1, -0.05) is 6.07 Å². The quantitative estimate of drug-likeness (QED) is 0.885. The first-order chi connectivity index (χ1) is 8.72. The predicted octanol–water partition coefficient (Wildman–Crippen LogP) is 1.31. The summed E-state index contributed by atoms with van der Waals surface area (Å²) in [7, 11) is 1.80. The summed E-state index contributed by atoms with van der Waals surface area (Å²) < 4.78 is 17.7. The van der Waals surface area contributed by atoms with E-state index in [4.69, 9.17) is 19.9 Å². The Bertz CT molecular complexity index is 580. The Hall–Kier alpha value is -2.37. The van der Waals surface area contributed by atoms with E-state index in [1.54, 1.807) is 17.9 Å². The first-order valence-electron chi connectivity index (χ1n) is 5.53. The van der Waals surface area contributed by atoms with Crippen molar-refractivity contribution in [1.29, 1.82) is 0 Å². The Morgan fingerprint density at radius 2 is 2.22 bits per heavy atom. The van der Waals surface area contributed by atoms with Crippen LogP contribution in [0.15, 0.2) is 24.4 Å². The van der Waals surface area contributed by atoms with Crippen LogP contribution in [0.5, 0.6) is 17.4 Å². The average molecular weight is 247 g/mol. The van der Waals surface area contributed by atoms with Crippen molar-refractivity contribution >= 4 is 5.69 Å². The molecule has 1 aromatic heterocycles. The van der Waals surface area contributed by atoms with Crippen LogP contribution in [-0.2, 0) is 13.7 Å². The van der Waals surface area contributed by atoms with E-state index in [1.165, 1.54) is 0 Å². The molecule has 2 N–H and O–H groups in total. The smallest absolute Gasteiger partial charge is 0.256 e. The largest absolute Gasteiger partial charge is 0.470 e. The van der Waals surface area contributed by atoms with Crippen LogP contribution in [0.3, 0.4) is 0 Å². The zero-order valence-electron chi connectivity index (χ0n) is 9.92. The van der Waals surface area contributed by atoms with Gasteiger partial charge in [0.2, 0.25) is 6.79 Å². The Morgan fingerprint density at radius 3 is 3.00 bits per heavy atom. The molecule has 1 aliphatic rings. The number of nitrogens with zero attached hydrogens (tertiary/aromatic N) is 2. The fourth-order valence-electron chi connectivity index (χ4n) is 1.78. The summed E-state index contributed by atoms with van der Waals surface area (Å²) in [6.45, 7) is 0.657. The minimum atomic E-state index is 0.271. The molecule has 0 spiro atoms. The van der Waals surface area contributed by atoms with Crippen molar-refractivity contribution in [2.24, 2.45) is 7.05 Å². The molecule has 0 fully saturated rings. The van der Waals surface area contributed by atoms with E-state index >= 15 is 0 Å². The maximum absolute atomic E-state index is 5.74. The van der Waals surface area contributed by atoms with Gasteiger partial charge in [0.05, 0.1) is 6.20 Å². The van der Waals surface area contributed by atoms with Crippen molar-refractivity contribution in [2.45, 2.75) is 6.61 Å². The second-order valence-electron chi connectivity index (χ2n) is 4.04. The van der Waals surface area contributed by atoms with Crippen LogP contribution in [0, 0.1) is 0 Å². The number of nitrogen functional groups attached to an aromatic ring is 1. The predicted molar refractivity (Wildman–Crippen MR) is 64.5 cm³/mol. The molecule has 0 amide bonds. The summed E-state index contributed by atoms with van der Waals surface area (Å²) in [5.74, 6) is 1.94. The van der Waals surface area contributed by atoms with E-state index in [0.717, 1.165) is 17.1 Å². The Morgan fingerprint density at radius 1 is 1.39 bits per heavy atom. The first-order valence-corrected chi connectivity index (χ1v) is 5.53. The number of nitrogens with two attached hydrogens (primary N) is 1. The minimum Gasteiger partial charge on any atom is -0.470 e. The maximum atomic E-state index is 5.74. The molecule has 0 aliphatic carbocycles. The molecule has 0 atom stereocenters. The second-order valence-corrected chi connectivity index (χ2v) is 4.04. The van der Waals surface area contributed by atoms with Gasteiger partial charge in [0.25, 0.3) is 5.88 Å². The summed E-state index contributed by atoms with van der Waals surface area (Å²) in [5.41, 5.74) is 7.25. The molecular weight excluding hydrogens is 234 g/mol. The van der Waals surface area contributed by atoms with Crippen LogP contribution in [-0.4, -0.2) is 16.6 Å². The Labute approximate surface area is 104 Å². The summed E-state index contributed by atoms with van der Waals surface area (Å²) in [4.78, 5) is 0. The lowest BCUT2D eigenvalue weighted by atomic mass is 10.2. The summed E-state index contributed by atoms with van der Waals surface area (Å²) in [5, 5.41) is 4.11. The molecule has 3 rings (SSSR count). The van der Waals surface area contributed by atoms with Gasteiger partial charge in [0.1, 0.15) is 12.3 Å². The number of benzene rings is 1. The SMILES string of the molecule is Cn1cc(N)c(OCc2ccc3c(c2)OCO3)n1. The van der Waals surface area contributed by atoms with E-state index in [2.05, 4.69) is 5.10 Å². The number of aromatic nitrogens is 2. The van der Waals surface area contributed by atoms with Crippen molar-refractivity contribution in [2.75, 3.05) is 12.5 Å². The van der Waals surface area contributed by atoms with Crippen molar-refractivity contribution < 1.29 is 14.2 Å². The van der Waals surface area contributed by atoms with Gasteiger partial charge in [-0.15, -0.1) is 5.10 Å². The number of hydrogen-bond donors (Lipinski definition) is 1. The van der Waals surface area contributed by atoms with E-state index in [0.29, 0.717) is 18.2 Å². The zero-order valence-corrected chi connectivity index (χ0v) is 9.92. The fraction of sp³-hybridized carbons (Fsp3) is 0.250. The van der Waals surface area contributed by atoms with Crippen LogP contribution in [0.1, 0.15) is 5.56 Å². The van der Waals surface area contributed by atoms with Gasteiger partial charge in [-0.3, -0.25) is 4.68 Å². The average Bonchev–Trinajstić information content (AvgIpc) is 2.92. The standard InChI is InChI=1S/C12H13N3O3/c1-15-5-9(13)12(14-15)16-6-8-2-3-10-11(4-8)18-7-17-10/h2-5H,6-7,13H2,1H3. The van der Waals surface area contributed by atoms with Crippen LogP contribution in [0.4, 0.5) is 5.69 Å². The molecule has 94 valence electrons. The van der Waals surface area contributed by atoms with Crippen LogP contribution in [0.2, 0.25) is 0 Å². The van der Waals surface area contributed by atoms with Crippen molar-refractivity contribution in [1.82, 2.24) is 9.78 Å². The number of aryl methyl sites for hydroxylation is 1. The number of ether oxygens (including phenoxy) is 3. The third-order valence-electron chi connectivity index (χ3n) is 2.63. The molecule has 0 radical (unpaired) electrons. The van der Waals surface area contributed by atoms with Crippen LogP contribution in [0.25, 0.3) is 0 Å². The molecule has 2 aromatic rings. The Balaban J connectivity index is 1.72. The van der Waals surface area contributed by atoms with Crippen molar-refractivity contribution in [3.63, 3.8) is 0 Å². The molecule has 1 aromatic carbocycles. The Kier molecular flexibility index (Phi) is 2.47. The summed E-state index contributed by atoms with van der Waals surface area (Å²) >= 11 is 0. The van der Waals surface area contributed by atoms with Crippen LogP contribution >= 0.6 is 0 Å². The maximum Gasteiger partial charge on any atom is 0.256 e. The highest BCUT2D eigenvalue weighted by Crippen LogP contribution is 2.32. The van der Waals surface area contributed by atoms with Gasteiger partial charge < -0.3 is 19.9 Å². The molecule has 0 unspecified atom stereocenters.